The van der Waals surface area contributed by atoms with E-state index >= 15 is 0 Å². The summed E-state index contributed by atoms with van der Waals surface area (Å²) in [6.45, 7) is 0. The summed E-state index contributed by atoms with van der Waals surface area (Å²) in [5.41, 5.74) is 7.49. The van der Waals surface area contributed by atoms with Crippen molar-refractivity contribution in [2.75, 3.05) is 5.73 Å². The molecule has 0 saturated carbocycles. The number of aromatic carboxylic acids is 1. The molecular formula is C10H13N3O2. The number of aromatic nitrogens is 2. The molecule has 0 unspecified atom stereocenters. The van der Waals surface area contributed by atoms with Crippen LogP contribution in [-0.4, -0.2) is 21.0 Å². The maximum absolute atomic E-state index is 10.7. The summed E-state index contributed by atoms with van der Waals surface area (Å²) < 4.78 is 0. The summed E-state index contributed by atoms with van der Waals surface area (Å²) in [7, 11) is 0. The van der Waals surface area contributed by atoms with Gasteiger partial charge in [-0.1, -0.05) is 6.42 Å². The van der Waals surface area contributed by atoms with E-state index in [4.69, 9.17) is 10.8 Å². The van der Waals surface area contributed by atoms with Crippen molar-refractivity contribution < 1.29 is 9.90 Å². The molecule has 0 spiro atoms. The van der Waals surface area contributed by atoms with E-state index in [1.807, 2.05) is 0 Å². The van der Waals surface area contributed by atoms with Crippen molar-refractivity contribution in [3.05, 3.63) is 17.1 Å². The second-order valence-electron chi connectivity index (χ2n) is 3.72. The van der Waals surface area contributed by atoms with Crippen LogP contribution in [0.4, 0.5) is 5.82 Å². The van der Waals surface area contributed by atoms with Crippen molar-refractivity contribution in [2.24, 2.45) is 0 Å². The molecular weight excluding hydrogens is 194 g/mol. The van der Waals surface area contributed by atoms with Crippen molar-refractivity contribution in [1.82, 2.24) is 9.97 Å². The molecule has 0 aromatic carbocycles. The number of rotatable bonds is 1. The van der Waals surface area contributed by atoms with E-state index in [-0.39, 0.29) is 5.82 Å². The Morgan fingerprint density at radius 3 is 2.67 bits per heavy atom. The van der Waals surface area contributed by atoms with Crippen LogP contribution in [0.2, 0.25) is 0 Å². The van der Waals surface area contributed by atoms with Gasteiger partial charge in [0.25, 0.3) is 0 Å². The topological polar surface area (TPSA) is 89.1 Å². The first-order valence-electron chi connectivity index (χ1n) is 5.07. The fraction of sp³-hybridized carbons (Fsp3) is 0.500. The molecule has 0 saturated heterocycles. The van der Waals surface area contributed by atoms with Crippen molar-refractivity contribution in [3.8, 4) is 0 Å². The molecule has 0 radical (unpaired) electrons. The largest absolute Gasteiger partial charge is 0.475 e. The molecule has 5 heteroatoms. The first-order valence-corrected chi connectivity index (χ1v) is 5.07. The zero-order valence-electron chi connectivity index (χ0n) is 8.36. The minimum atomic E-state index is -1.12. The van der Waals surface area contributed by atoms with E-state index in [1.165, 1.54) is 0 Å². The molecule has 2 rings (SSSR count). The lowest BCUT2D eigenvalue weighted by Crippen LogP contribution is -2.12. The lowest BCUT2D eigenvalue weighted by Gasteiger charge is -2.07. The Hall–Kier alpha value is -1.65. The number of anilines is 1. The highest BCUT2D eigenvalue weighted by Crippen LogP contribution is 2.22. The quantitative estimate of drug-likeness (QED) is 0.671. The number of nitrogens with two attached hydrogens (primary N) is 1. The van der Waals surface area contributed by atoms with Gasteiger partial charge in [-0.3, -0.25) is 0 Å². The summed E-state index contributed by atoms with van der Waals surface area (Å²) >= 11 is 0. The Morgan fingerprint density at radius 2 is 1.93 bits per heavy atom. The second-order valence-corrected chi connectivity index (χ2v) is 3.72. The molecule has 1 aromatic rings. The van der Waals surface area contributed by atoms with Crippen LogP contribution in [0.3, 0.4) is 0 Å². The van der Waals surface area contributed by atoms with E-state index < -0.39 is 5.97 Å². The minimum absolute atomic E-state index is 0.187. The summed E-state index contributed by atoms with van der Waals surface area (Å²) in [6.07, 6.45) is 4.93. The van der Waals surface area contributed by atoms with E-state index in [2.05, 4.69) is 9.97 Å². The normalized spacial score (nSPS) is 15.5. The van der Waals surface area contributed by atoms with Crippen molar-refractivity contribution in [2.45, 2.75) is 32.1 Å². The van der Waals surface area contributed by atoms with Gasteiger partial charge in [0.1, 0.15) is 5.82 Å². The van der Waals surface area contributed by atoms with Crippen LogP contribution in [0.5, 0.6) is 0 Å². The minimum Gasteiger partial charge on any atom is -0.475 e. The van der Waals surface area contributed by atoms with Crippen LogP contribution in [0, 0.1) is 0 Å². The number of hydrogen-bond donors (Lipinski definition) is 2. The van der Waals surface area contributed by atoms with Gasteiger partial charge in [-0.25, -0.2) is 14.8 Å². The van der Waals surface area contributed by atoms with Gasteiger partial charge in [-0.05, 0) is 25.7 Å². The zero-order chi connectivity index (χ0) is 10.8. The number of carboxylic acids is 1. The Morgan fingerprint density at radius 1 is 1.20 bits per heavy atom. The summed E-state index contributed by atoms with van der Waals surface area (Å²) in [5, 5.41) is 8.80. The van der Waals surface area contributed by atoms with E-state index in [9.17, 15) is 4.79 Å². The van der Waals surface area contributed by atoms with E-state index in [1.54, 1.807) is 0 Å². The van der Waals surface area contributed by atoms with Crippen LogP contribution in [-0.2, 0) is 12.8 Å². The number of fused-ring (bicyclic) bond motifs is 1. The fourth-order valence-electron chi connectivity index (χ4n) is 1.90. The number of nitrogens with zero attached hydrogens (tertiary/aromatic N) is 2. The van der Waals surface area contributed by atoms with Gasteiger partial charge in [0.15, 0.2) is 0 Å². The van der Waals surface area contributed by atoms with Gasteiger partial charge >= 0.3 is 5.97 Å². The molecule has 1 aliphatic rings. The zero-order valence-corrected chi connectivity index (χ0v) is 8.36. The van der Waals surface area contributed by atoms with Crippen LogP contribution in [0.15, 0.2) is 0 Å². The molecule has 80 valence electrons. The molecule has 0 aliphatic heterocycles. The Bertz CT molecular complexity index is 404. The van der Waals surface area contributed by atoms with E-state index in [0.717, 1.165) is 43.4 Å². The predicted molar refractivity (Wildman–Crippen MR) is 54.7 cm³/mol. The number of carboxylic acid groups (broad SMARTS) is 1. The third-order valence-corrected chi connectivity index (χ3v) is 2.66. The van der Waals surface area contributed by atoms with Crippen LogP contribution < -0.4 is 5.73 Å². The number of aryl methyl sites for hydroxylation is 1. The summed E-state index contributed by atoms with van der Waals surface area (Å²) in [5.74, 6) is -0.971. The number of hydrogen-bond acceptors (Lipinski definition) is 4. The highest BCUT2D eigenvalue weighted by atomic mass is 16.4. The van der Waals surface area contributed by atoms with Crippen LogP contribution >= 0.6 is 0 Å². The van der Waals surface area contributed by atoms with Gasteiger partial charge in [-0.15, -0.1) is 0 Å². The van der Waals surface area contributed by atoms with Gasteiger partial charge in [0.05, 0.1) is 5.69 Å². The van der Waals surface area contributed by atoms with Gasteiger partial charge < -0.3 is 10.8 Å². The van der Waals surface area contributed by atoms with Gasteiger partial charge in [-0.2, -0.15) is 0 Å². The first kappa shape index (κ1) is 9.89. The molecule has 1 heterocycles. The van der Waals surface area contributed by atoms with Crippen LogP contribution in [0.25, 0.3) is 0 Å². The molecule has 5 nitrogen and oxygen atoms in total. The average Bonchev–Trinajstić information content (AvgIpc) is 2.42. The lowest BCUT2D eigenvalue weighted by molar-refractivity contribution is 0.0683. The molecule has 0 atom stereocenters. The molecule has 1 aliphatic carbocycles. The number of carbonyl (C=O) groups is 1. The standard InChI is InChI=1S/C10H13N3O2/c11-8-6-4-2-1-3-5-7(6)12-9(13-8)10(14)15/h1-5H2,(H,14,15)(H2,11,12,13). The molecule has 0 amide bonds. The van der Waals surface area contributed by atoms with Gasteiger partial charge in [0.2, 0.25) is 5.82 Å². The van der Waals surface area contributed by atoms with E-state index in [0.29, 0.717) is 5.82 Å². The smallest absolute Gasteiger partial charge is 0.374 e. The second kappa shape index (κ2) is 3.84. The highest BCUT2D eigenvalue weighted by molar-refractivity contribution is 5.83. The molecule has 1 aromatic heterocycles. The maximum atomic E-state index is 10.7. The lowest BCUT2D eigenvalue weighted by atomic mass is 10.1. The predicted octanol–water partition coefficient (Wildman–Crippen LogP) is 1.03. The molecule has 0 bridgehead atoms. The Labute approximate surface area is 87.4 Å². The Balaban J connectivity index is 2.48. The monoisotopic (exact) mass is 207 g/mol. The van der Waals surface area contributed by atoms with Crippen molar-refractivity contribution in [1.29, 1.82) is 0 Å². The Kier molecular flexibility index (Phi) is 2.53. The van der Waals surface area contributed by atoms with Crippen molar-refractivity contribution >= 4 is 11.8 Å². The molecule has 0 fully saturated rings. The summed E-state index contributed by atoms with van der Waals surface area (Å²) in [6, 6.07) is 0. The van der Waals surface area contributed by atoms with Crippen LogP contribution in [0.1, 0.15) is 41.1 Å². The van der Waals surface area contributed by atoms with Crippen molar-refractivity contribution in [3.63, 3.8) is 0 Å². The highest BCUT2D eigenvalue weighted by Gasteiger charge is 2.17. The average molecular weight is 207 g/mol. The summed E-state index contributed by atoms with van der Waals surface area (Å²) in [4.78, 5) is 18.6. The fourth-order valence-corrected chi connectivity index (χ4v) is 1.90. The maximum Gasteiger partial charge on any atom is 0.374 e. The number of nitrogen functional groups attached to an aromatic ring is 1. The SMILES string of the molecule is Nc1nc(C(=O)O)nc2c1CCCCC2. The third-order valence-electron chi connectivity index (χ3n) is 2.66. The molecule has 15 heavy (non-hydrogen) atoms. The molecule has 3 N–H and O–H groups in total. The first-order chi connectivity index (χ1) is 7.18. The van der Waals surface area contributed by atoms with Gasteiger partial charge in [0, 0.05) is 5.56 Å². The third kappa shape index (κ3) is 1.91.